The number of ether oxygens (including phenoxy) is 2. The molecule has 2 aromatic rings. The van der Waals surface area contributed by atoms with Gasteiger partial charge in [0.05, 0.1) is 36.2 Å². The van der Waals surface area contributed by atoms with E-state index in [2.05, 4.69) is 26.6 Å². The van der Waals surface area contributed by atoms with E-state index in [1.807, 2.05) is 0 Å². The molecule has 13 heteroatoms. The fourth-order valence-corrected chi connectivity index (χ4v) is 7.20. The van der Waals surface area contributed by atoms with E-state index in [4.69, 9.17) is 9.47 Å². The molecule has 2 bridgehead atoms. The van der Waals surface area contributed by atoms with E-state index >= 15 is 0 Å². The second kappa shape index (κ2) is 12.3. The molecule has 2 aromatic carbocycles. The molecule has 3 aliphatic carbocycles. The predicted octanol–water partition coefficient (Wildman–Crippen LogP) is 6.42. The Morgan fingerprint density at radius 1 is 0.977 bits per heavy atom. The van der Waals surface area contributed by atoms with Gasteiger partial charge >= 0.3 is 12.1 Å². The first-order valence-corrected chi connectivity index (χ1v) is 14.9. The zero-order chi connectivity index (χ0) is 31.1. The van der Waals surface area contributed by atoms with Crippen LogP contribution in [0, 0.1) is 29.5 Å². The van der Waals surface area contributed by atoms with Crippen LogP contribution in [0.3, 0.4) is 0 Å². The fraction of sp³-hybridized carbons (Fsp3) is 0.500. The van der Waals surface area contributed by atoms with E-state index in [9.17, 15) is 37.1 Å². The zero-order valence-electron chi connectivity index (χ0n) is 23.2. The normalized spacial score (nSPS) is 26.6. The summed E-state index contributed by atoms with van der Waals surface area (Å²) in [7, 11) is 1.29. The molecular formula is C30H31BrF4N2O6. The first-order chi connectivity index (χ1) is 20.3. The molecule has 3 saturated carbocycles. The van der Waals surface area contributed by atoms with Gasteiger partial charge in [0.2, 0.25) is 5.91 Å². The molecule has 4 atom stereocenters. The Hall–Kier alpha value is -3.35. The number of alkyl halides is 3. The molecule has 0 aliphatic heterocycles. The van der Waals surface area contributed by atoms with Crippen molar-refractivity contribution in [2.24, 2.45) is 23.7 Å². The van der Waals surface area contributed by atoms with E-state index in [-0.39, 0.29) is 39.1 Å². The van der Waals surface area contributed by atoms with Crippen LogP contribution in [0.4, 0.5) is 23.2 Å². The fourth-order valence-electron chi connectivity index (χ4n) is 6.73. The summed E-state index contributed by atoms with van der Waals surface area (Å²) in [5.74, 6) is -4.10. The Kier molecular flexibility index (Phi) is 8.92. The SMILES string of the molecule is COc1cc(F)c(OC2CCC(C(=O)O)CC2)cc1C(=O)N[C@@H]1[C@H]2CC[C@H](C2)[C@@H]1C(=O)Nc1ccc(Br)c(C(F)(F)F)c1. The summed E-state index contributed by atoms with van der Waals surface area (Å²) in [6.07, 6.45) is -1.15. The lowest BCUT2D eigenvalue weighted by molar-refractivity contribution is -0.143. The van der Waals surface area contributed by atoms with E-state index in [1.54, 1.807) is 0 Å². The first-order valence-electron chi connectivity index (χ1n) is 14.1. The summed E-state index contributed by atoms with van der Waals surface area (Å²) < 4.78 is 66.1. The van der Waals surface area contributed by atoms with Crippen LogP contribution in [0.15, 0.2) is 34.8 Å². The minimum atomic E-state index is -4.61. The predicted molar refractivity (Wildman–Crippen MR) is 150 cm³/mol. The van der Waals surface area contributed by atoms with E-state index < -0.39 is 59.3 Å². The van der Waals surface area contributed by atoms with E-state index in [0.29, 0.717) is 32.1 Å². The number of methoxy groups -OCH3 is 1. The topological polar surface area (TPSA) is 114 Å². The quantitative estimate of drug-likeness (QED) is 0.279. The van der Waals surface area contributed by atoms with Gasteiger partial charge in [-0.05, 0) is 81.0 Å². The van der Waals surface area contributed by atoms with Gasteiger partial charge < -0.3 is 25.2 Å². The summed E-state index contributed by atoms with van der Waals surface area (Å²) in [6.45, 7) is 0. The third-order valence-electron chi connectivity index (χ3n) is 8.87. The summed E-state index contributed by atoms with van der Waals surface area (Å²) in [4.78, 5) is 38.2. The Labute approximate surface area is 253 Å². The highest BCUT2D eigenvalue weighted by molar-refractivity contribution is 9.10. The van der Waals surface area contributed by atoms with Crippen LogP contribution in [0.2, 0.25) is 0 Å². The number of carboxylic acid groups (broad SMARTS) is 1. The van der Waals surface area contributed by atoms with Crippen LogP contribution in [0.1, 0.15) is 60.9 Å². The third kappa shape index (κ3) is 6.61. The van der Waals surface area contributed by atoms with Crippen molar-refractivity contribution in [2.75, 3.05) is 12.4 Å². The molecule has 43 heavy (non-hydrogen) atoms. The third-order valence-corrected chi connectivity index (χ3v) is 9.56. The largest absolute Gasteiger partial charge is 0.496 e. The molecule has 3 aliphatic rings. The van der Waals surface area contributed by atoms with Gasteiger partial charge in [0.15, 0.2) is 11.6 Å². The van der Waals surface area contributed by atoms with E-state index in [0.717, 1.165) is 25.0 Å². The molecule has 232 valence electrons. The van der Waals surface area contributed by atoms with Crippen molar-refractivity contribution in [1.29, 1.82) is 0 Å². The highest BCUT2D eigenvalue weighted by Crippen LogP contribution is 2.49. The molecular weight excluding hydrogens is 640 g/mol. The number of carboxylic acids is 1. The molecule has 0 spiro atoms. The number of carbonyl (C=O) groups excluding carboxylic acids is 2. The lowest BCUT2D eigenvalue weighted by atomic mass is 9.83. The van der Waals surface area contributed by atoms with Gasteiger partial charge in [0, 0.05) is 22.3 Å². The maximum absolute atomic E-state index is 14.9. The molecule has 3 N–H and O–H groups in total. The number of hydrogen-bond donors (Lipinski definition) is 3. The molecule has 3 fully saturated rings. The minimum Gasteiger partial charge on any atom is -0.496 e. The molecule has 0 aromatic heterocycles. The monoisotopic (exact) mass is 670 g/mol. The maximum Gasteiger partial charge on any atom is 0.417 e. The van der Waals surface area contributed by atoms with Gasteiger partial charge in [-0.1, -0.05) is 15.9 Å². The van der Waals surface area contributed by atoms with Crippen molar-refractivity contribution >= 4 is 39.4 Å². The van der Waals surface area contributed by atoms with Crippen molar-refractivity contribution in [2.45, 2.75) is 63.3 Å². The van der Waals surface area contributed by atoms with Gasteiger partial charge in [-0.25, -0.2) is 4.39 Å². The smallest absolute Gasteiger partial charge is 0.417 e. The Morgan fingerprint density at radius 3 is 2.33 bits per heavy atom. The van der Waals surface area contributed by atoms with Crippen LogP contribution in [0.5, 0.6) is 11.5 Å². The van der Waals surface area contributed by atoms with Gasteiger partial charge in [0.25, 0.3) is 5.91 Å². The molecule has 8 nitrogen and oxygen atoms in total. The van der Waals surface area contributed by atoms with Crippen molar-refractivity contribution in [1.82, 2.24) is 5.32 Å². The number of aliphatic carboxylic acids is 1. The second-order valence-corrected chi connectivity index (χ2v) is 12.3. The number of benzene rings is 2. The summed E-state index contributed by atoms with van der Waals surface area (Å²) >= 11 is 2.90. The van der Waals surface area contributed by atoms with Crippen molar-refractivity contribution in [3.63, 3.8) is 0 Å². The molecule has 0 saturated heterocycles. The Bertz CT molecular complexity index is 1410. The molecule has 0 heterocycles. The Balaban J connectivity index is 1.32. The van der Waals surface area contributed by atoms with Crippen LogP contribution >= 0.6 is 15.9 Å². The zero-order valence-corrected chi connectivity index (χ0v) is 24.8. The number of fused-ring (bicyclic) bond motifs is 2. The first kappa shape index (κ1) is 31.1. The lowest BCUT2D eigenvalue weighted by Crippen LogP contribution is -2.48. The molecule has 2 amide bonds. The maximum atomic E-state index is 14.9. The second-order valence-electron chi connectivity index (χ2n) is 11.5. The van der Waals surface area contributed by atoms with Crippen molar-refractivity contribution < 1.29 is 46.5 Å². The molecule has 0 unspecified atom stereocenters. The van der Waals surface area contributed by atoms with Crippen molar-refractivity contribution in [3.8, 4) is 11.5 Å². The average molecular weight is 671 g/mol. The number of nitrogens with one attached hydrogen (secondary N) is 2. The highest BCUT2D eigenvalue weighted by atomic mass is 79.9. The standard InChI is InChI=1S/C30H31BrF4N2O6/c1-42-23-13-22(32)24(43-18-7-4-14(5-8-18)29(40)41)12-19(23)27(38)37-26-16-3-2-15(10-16)25(26)28(39)36-17-6-9-21(31)20(11-17)30(33,34)35/h6,9,11-16,18,25-26H,2-5,7-8,10H2,1H3,(H,36,39)(H,37,38)(H,40,41)/t14?,15-,16+,18?,25+,26-/m1/s1. The number of carbonyl (C=O) groups is 3. The van der Waals surface area contributed by atoms with Crippen LogP contribution in [-0.2, 0) is 15.8 Å². The van der Waals surface area contributed by atoms with Crippen LogP contribution in [-0.4, -0.2) is 42.1 Å². The van der Waals surface area contributed by atoms with E-state index in [1.165, 1.54) is 25.3 Å². The lowest BCUT2D eigenvalue weighted by Gasteiger charge is -2.31. The average Bonchev–Trinajstić information content (AvgIpc) is 3.56. The number of rotatable bonds is 8. The van der Waals surface area contributed by atoms with Gasteiger partial charge in [-0.2, -0.15) is 13.2 Å². The van der Waals surface area contributed by atoms with Gasteiger partial charge in [-0.3, -0.25) is 14.4 Å². The summed E-state index contributed by atoms with van der Waals surface area (Å²) in [5, 5.41) is 14.7. The van der Waals surface area contributed by atoms with Crippen LogP contribution < -0.4 is 20.1 Å². The number of halogens is 5. The van der Waals surface area contributed by atoms with Crippen LogP contribution in [0.25, 0.3) is 0 Å². The summed E-state index contributed by atoms with van der Waals surface area (Å²) in [5.41, 5.74) is -0.921. The Morgan fingerprint density at radius 2 is 1.67 bits per heavy atom. The van der Waals surface area contributed by atoms with Gasteiger partial charge in [0.1, 0.15) is 5.75 Å². The number of anilines is 1. The minimum absolute atomic E-state index is 0.00258. The molecule has 0 radical (unpaired) electrons. The molecule has 5 rings (SSSR count). The number of hydrogen-bond acceptors (Lipinski definition) is 5. The number of amides is 2. The van der Waals surface area contributed by atoms with Crippen molar-refractivity contribution in [3.05, 3.63) is 51.7 Å². The highest BCUT2D eigenvalue weighted by Gasteiger charge is 2.51. The summed E-state index contributed by atoms with van der Waals surface area (Å²) in [6, 6.07) is 5.16. The van der Waals surface area contributed by atoms with Gasteiger partial charge in [-0.15, -0.1) is 0 Å².